The van der Waals surface area contributed by atoms with Gasteiger partial charge in [-0.05, 0) is 13.8 Å². The Bertz CT molecular complexity index is 467. The average molecular weight is 256 g/mol. The van der Waals surface area contributed by atoms with Crippen LogP contribution in [-0.2, 0) is 11.5 Å². The van der Waals surface area contributed by atoms with E-state index in [9.17, 15) is 9.59 Å². The first-order chi connectivity index (χ1) is 7.71. The molecular formula is C11H20N2O3Si. The summed E-state index contributed by atoms with van der Waals surface area (Å²) in [6.07, 6.45) is 0. The molecule has 1 aromatic rings. The second-order valence-electron chi connectivity index (χ2n) is 5.33. The number of hydrogen-bond acceptors (Lipinski definition) is 3. The molecule has 96 valence electrons. The zero-order valence-electron chi connectivity index (χ0n) is 11.0. The Kier molecular flexibility index (Phi) is 4.10. The van der Waals surface area contributed by atoms with Crippen LogP contribution in [0.15, 0.2) is 15.7 Å². The van der Waals surface area contributed by atoms with Crippen LogP contribution in [0.3, 0.4) is 0 Å². The van der Waals surface area contributed by atoms with Crippen molar-refractivity contribution in [2.24, 2.45) is 0 Å². The van der Waals surface area contributed by atoms with Crippen molar-refractivity contribution in [3.63, 3.8) is 0 Å². The first-order valence-electron chi connectivity index (χ1n) is 5.64. The van der Waals surface area contributed by atoms with Gasteiger partial charge in [0.1, 0.15) is 6.73 Å². The van der Waals surface area contributed by atoms with Gasteiger partial charge in [-0.2, -0.15) is 0 Å². The molecule has 0 saturated carbocycles. The minimum atomic E-state index is -1.41. The van der Waals surface area contributed by atoms with E-state index in [2.05, 4.69) is 24.6 Å². The Hall–Kier alpha value is -1.14. The van der Waals surface area contributed by atoms with E-state index in [0.29, 0.717) is 5.69 Å². The van der Waals surface area contributed by atoms with Crippen molar-refractivity contribution in [1.82, 2.24) is 9.55 Å². The standard InChI is InChI=1S/C11H20N2O3Si/c1-8-6-10(14)13(11(15)12-8)7-16-9(2)17(3,4)5/h6,9H,7H2,1-5H3,(H,12,15). The predicted molar refractivity (Wildman–Crippen MR) is 70.0 cm³/mol. The van der Waals surface area contributed by atoms with Gasteiger partial charge in [0.15, 0.2) is 0 Å². The molecule has 1 unspecified atom stereocenters. The van der Waals surface area contributed by atoms with Gasteiger partial charge in [-0.1, -0.05) is 19.6 Å². The van der Waals surface area contributed by atoms with Gasteiger partial charge in [-0.15, -0.1) is 0 Å². The van der Waals surface area contributed by atoms with E-state index in [0.717, 1.165) is 4.57 Å². The van der Waals surface area contributed by atoms with Crippen LogP contribution >= 0.6 is 0 Å². The van der Waals surface area contributed by atoms with Crippen LogP contribution in [0.4, 0.5) is 0 Å². The zero-order valence-corrected chi connectivity index (χ0v) is 12.0. The van der Waals surface area contributed by atoms with E-state index < -0.39 is 13.8 Å². The Morgan fingerprint density at radius 3 is 2.47 bits per heavy atom. The fraction of sp³-hybridized carbons (Fsp3) is 0.636. The number of rotatable bonds is 4. The molecule has 0 aliphatic carbocycles. The van der Waals surface area contributed by atoms with E-state index in [4.69, 9.17) is 4.74 Å². The van der Waals surface area contributed by atoms with E-state index in [1.165, 1.54) is 6.07 Å². The number of H-pyrrole nitrogens is 1. The number of nitrogens with zero attached hydrogens (tertiary/aromatic N) is 1. The Morgan fingerprint density at radius 2 is 2.00 bits per heavy atom. The fourth-order valence-electron chi connectivity index (χ4n) is 1.19. The van der Waals surface area contributed by atoms with Crippen molar-refractivity contribution in [3.05, 3.63) is 32.6 Å². The molecule has 0 saturated heterocycles. The normalized spacial score (nSPS) is 13.7. The van der Waals surface area contributed by atoms with Gasteiger partial charge in [0.2, 0.25) is 0 Å². The van der Waals surface area contributed by atoms with E-state index in [-0.39, 0.29) is 18.0 Å². The molecule has 1 rings (SSSR count). The molecular weight excluding hydrogens is 236 g/mol. The molecule has 0 bridgehead atoms. The molecule has 1 aromatic heterocycles. The summed E-state index contributed by atoms with van der Waals surface area (Å²) in [6.45, 7) is 10.2. The lowest BCUT2D eigenvalue weighted by Gasteiger charge is -2.25. The maximum absolute atomic E-state index is 11.6. The minimum absolute atomic E-state index is 0.0138. The maximum atomic E-state index is 11.6. The molecule has 0 amide bonds. The molecule has 0 spiro atoms. The van der Waals surface area contributed by atoms with Crippen molar-refractivity contribution >= 4 is 8.07 Å². The lowest BCUT2D eigenvalue weighted by Crippen LogP contribution is -2.42. The monoisotopic (exact) mass is 256 g/mol. The summed E-state index contributed by atoms with van der Waals surface area (Å²) in [4.78, 5) is 25.7. The van der Waals surface area contributed by atoms with Crippen molar-refractivity contribution in [2.75, 3.05) is 0 Å². The van der Waals surface area contributed by atoms with Crippen molar-refractivity contribution in [2.45, 2.75) is 45.9 Å². The van der Waals surface area contributed by atoms with Crippen LogP contribution in [0.5, 0.6) is 0 Å². The lowest BCUT2D eigenvalue weighted by atomic mass is 10.4. The summed E-state index contributed by atoms with van der Waals surface area (Å²) < 4.78 is 6.67. The zero-order chi connectivity index (χ0) is 13.2. The number of aromatic nitrogens is 2. The van der Waals surface area contributed by atoms with Crippen molar-refractivity contribution in [1.29, 1.82) is 0 Å². The lowest BCUT2D eigenvalue weighted by molar-refractivity contribution is 0.0516. The van der Waals surface area contributed by atoms with E-state index in [1.807, 2.05) is 6.92 Å². The third-order valence-corrected chi connectivity index (χ3v) is 5.43. The summed E-state index contributed by atoms with van der Waals surface area (Å²) >= 11 is 0. The summed E-state index contributed by atoms with van der Waals surface area (Å²) in [6, 6.07) is 1.39. The van der Waals surface area contributed by atoms with Gasteiger partial charge in [-0.25, -0.2) is 9.36 Å². The summed E-state index contributed by atoms with van der Waals surface area (Å²) in [5, 5.41) is 0. The second kappa shape index (κ2) is 5.01. The summed E-state index contributed by atoms with van der Waals surface area (Å²) in [5.41, 5.74) is -0.0867. The molecule has 0 radical (unpaired) electrons. The number of ether oxygens (including phenoxy) is 1. The molecule has 0 aliphatic heterocycles. The molecule has 1 N–H and O–H groups in total. The van der Waals surface area contributed by atoms with Gasteiger partial charge in [0, 0.05) is 17.5 Å². The first-order valence-corrected chi connectivity index (χ1v) is 9.22. The smallest absolute Gasteiger partial charge is 0.330 e. The first kappa shape index (κ1) is 13.9. The summed E-state index contributed by atoms with van der Waals surface area (Å²) in [7, 11) is -1.41. The van der Waals surface area contributed by atoms with Crippen molar-refractivity contribution < 1.29 is 4.74 Å². The molecule has 1 atom stereocenters. The van der Waals surface area contributed by atoms with Crippen LogP contribution in [0.25, 0.3) is 0 Å². The number of nitrogens with one attached hydrogen (secondary N) is 1. The molecule has 0 fully saturated rings. The van der Waals surface area contributed by atoms with E-state index in [1.54, 1.807) is 6.92 Å². The highest BCUT2D eigenvalue weighted by Gasteiger charge is 2.23. The molecule has 17 heavy (non-hydrogen) atoms. The van der Waals surface area contributed by atoms with Crippen LogP contribution < -0.4 is 11.2 Å². The summed E-state index contributed by atoms with van der Waals surface area (Å²) in [5.74, 6) is 0. The van der Waals surface area contributed by atoms with Crippen LogP contribution in [-0.4, -0.2) is 23.4 Å². The van der Waals surface area contributed by atoms with Gasteiger partial charge >= 0.3 is 5.69 Å². The number of aryl methyl sites for hydroxylation is 1. The van der Waals surface area contributed by atoms with Crippen LogP contribution in [0.2, 0.25) is 19.6 Å². The molecule has 1 heterocycles. The quantitative estimate of drug-likeness (QED) is 0.820. The Balaban J connectivity index is 2.85. The average Bonchev–Trinajstić information content (AvgIpc) is 2.13. The van der Waals surface area contributed by atoms with Gasteiger partial charge < -0.3 is 9.72 Å². The molecule has 0 aliphatic rings. The third kappa shape index (κ3) is 3.67. The highest BCUT2D eigenvalue weighted by molar-refractivity contribution is 6.77. The minimum Gasteiger partial charge on any atom is -0.361 e. The third-order valence-electron chi connectivity index (χ3n) is 2.83. The van der Waals surface area contributed by atoms with Gasteiger partial charge in [0.05, 0.1) is 8.07 Å². The number of aromatic amines is 1. The van der Waals surface area contributed by atoms with E-state index >= 15 is 0 Å². The van der Waals surface area contributed by atoms with Crippen molar-refractivity contribution in [3.8, 4) is 0 Å². The highest BCUT2D eigenvalue weighted by atomic mass is 28.3. The molecule has 0 aromatic carbocycles. The van der Waals surface area contributed by atoms with Gasteiger partial charge in [0.25, 0.3) is 5.56 Å². The second-order valence-corrected chi connectivity index (χ2v) is 10.9. The topological polar surface area (TPSA) is 64.1 Å². The maximum Gasteiger partial charge on any atom is 0.330 e. The van der Waals surface area contributed by atoms with Crippen LogP contribution in [0.1, 0.15) is 12.6 Å². The van der Waals surface area contributed by atoms with Crippen LogP contribution in [0, 0.1) is 6.92 Å². The predicted octanol–water partition coefficient (Wildman–Crippen LogP) is 1.09. The largest absolute Gasteiger partial charge is 0.361 e. The van der Waals surface area contributed by atoms with Gasteiger partial charge in [-0.3, -0.25) is 4.79 Å². The molecule has 6 heteroatoms. The number of hydrogen-bond donors (Lipinski definition) is 1. The SMILES string of the molecule is Cc1cc(=O)n(COC(C)[Si](C)(C)C)c(=O)[nH]1. The Morgan fingerprint density at radius 1 is 1.41 bits per heavy atom. The fourth-order valence-corrected chi connectivity index (χ4v) is 1.77. The highest BCUT2D eigenvalue weighted by Crippen LogP contribution is 2.10. The molecule has 5 nitrogen and oxygen atoms in total. The Labute approximate surface area is 101 Å².